The molecule has 0 heterocycles. The van der Waals surface area contributed by atoms with Gasteiger partial charge in [0.2, 0.25) is 7.83 Å². The van der Waals surface area contributed by atoms with Gasteiger partial charge in [0.05, 0.1) is 0 Å². The molecular weight excluding hydrogens is 272 g/mol. The van der Waals surface area contributed by atoms with Crippen LogP contribution in [0.15, 0.2) is 43.0 Å². The summed E-state index contributed by atoms with van der Waals surface area (Å²) in [4.78, 5) is 0. The maximum Gasteiger partial charge on any atom is 0.359 e. The largest absolute Gasteiger partial charge is 0.417 e. The average Bonchev–Trinajstić information content (AvgIpc) is 2.45. The van der Waals surface area contributed by atoms with Gasteiger partial charge >= 0.3 is 8.08 Å². The maximum absolute atomic E-state index is 5.93. The first-order valence-corrected chi connectivity index (χ1v) is 12.1. The van der Waals surface area contributed by atoms with Gasteiger partial charge in [-0.1, -0.05) is 36.4 Å². The zero-order valence-corrected chi connectivity index (χ0v) is 14.5. The minimum absolute atomic E-state index is 0.0605. The Morgan fingerprint density at radius 3 is 1.89 bits per heavy atom. The van der Waals surface area contributed by atoms with Crippen LogP contribution in [0, 0.1) is 0 Å². The molecule has 0 aromatic heterocycles. The van der Waals surface area contributed by atoms with Crippen LogP contribution in [-0.2, 0) is 13.3 Å². The van der Waals surface area contributed by atoms with Crippen molar-refractivity contribution in [2.24, 2.45) is 0 Å². The van der Waals surface area contributed by atoms with Gasteiger partial charge in [-0.05, 0) is 18.7 Å². The third-order valence-electron chi connectivity index (χ3n) is 3.76. The zero-order valence-electron chi connectivity index (χ0n) is 12.5. The lowest BCUT2D eigenvalue weighted by Gasteiger charge is -2.42. The van der Waals surface area contributed by atoms with E-state index in [1.807, 2.05) is 24.3 Å². The molecule has 0 fully saturated rings. The molecule has 0 radical (unpaired) electrons. The van der Waals surface area contributed by atoms with Crippen molar-refractivity contribution in [1.82, 2.24) is 0 Å². The van der Waals surface area contributed by atoms with Gasteiger partial charge in [-0.3, -0.25) is 0 Å². The second-order valence-corrected chi connectivity index (χ2v) is 16.8. The summed E-state index contributed by atoms with van der Waals surface area (Å²) in [5.74, 6) is 0. The van der Waals surface area contributed by atoms with Crippen LogP contribution in [0.25, 0.3) is 0 Å². The fourth-order valence-corrected chi connectivity index (χ4v) is 13.1. The van der Waals surface area contributed by atoms with E-state index in [4.69, 9.17) is 13.3 Å². The lowest BCUT2D eigenvalue weighted by Crippen LogP contribution is -2.67. The van der Waals surface area contributed by atoms with Crippen LogP contribution in [0.2, 0.25) is 13.1 Å². The summed E-state index contributed by atoms with van der Waals surface area (Å²) in [6, 6.07) is 10.2. The first-order valence-electron chi connectivity index (χ1n) is 6.32. The molecule has 0 saturated carbocycles. The van der Waals surface area contributed by atoms with Crippen LogP contribution in [0.3, 0.4) is 0 Å². The normalized spacial score (nSPS) is 14.2. The van der Waals surface area contributed by atoms with E-state index in [0.717, 1.165) is 0 Å². The lowest BCUT2D eigenvalue weighted by atomic mass is 10.1. The molecule has 1 rings (SSSR count). The van der Waals surface area contributed by atoms with E-state index < -0.39 is 15.9 Å². The Balaban J connectivity index is 3.34. The van der Waals surface area contributed by atoms with Gasteiger partial charge in [-0.25, -0.2) is 0 Å². The highest BCUT2D eigenvalue weighted by atomic mass is 29.3. The third kappa shape index (κ3) is 2.90. The molecule has 1 atom stereocenters. The number of hydrogen-bond donors (Lipinski definition) is 0. The van der Waals surface area contributed by atoms with E-state index in [0.29, 0.717) is 0 Å². The standard InChI is InChI=1S/C14H24O3Si2/c1-7-14(13-11-9-8-10-12-13)19(16-3,17-4)18(5,6)15-2/h7-12,14H,1H2,2-6H3. The molecule has 0 saturated heterocycles. The Morgan fingerprint density at radius 2 is 1.53 bits per heavy atom. The molecule has 0 spiro atoms. The van der Waals surface area contributed by atoms with Crippen molar-refractivity contribution in [2.75, 3.05) is 21.3 Å². The summed E-state index contributed by atoms with van der Waals surface area (Å²) in [6.45, 7) is 8.28. The van der Waals surface area contributed by atoms with Crippen LogP contribution < -0.4 is 0 Å². The predicted octanol–water partition coefficient (Wildman–Crippen LogP) is 3.16. The number of allylic oxidation sites excluding steroid dienone is 1. The van der Waals surface area contributed by atoms with Crippen molar-refractivity contribution in [3.63, 3.8) is 0 Å². The molecular formula is C14H24O3Si2. The molecule has 3 nitrogen and oxygen atoms in total. The monoisotopic (exact) mass is 296 g/mol. The second-order valence-electron chi connectivity index (χ2n) is 4.91. The molecule has 5 heteroatoms. The summed E-state index contributed by atoms with van der Waals surface area (Å²) in [5, 5.41) is 0. The van der Waals surface area contributed by atoms with Crippen LogP contribution in [0.5, 0.6) is 0 Å². The van der Waals surface area contributed by atoms with Gasteiger partial charge in [0.25, 0.3) is 0 Å². The molecule has 1 unspecified atom stereocenters. The molecule has 0 aliphatic carbocycles. The van der Waals surface area contributed by atoms with Crippen molar-refractivity contribution in [1.29, 1.82) is 0 Å². The number of rotatable bonds is 7. The zero-order chi connectivity index (χ0) is 14.5. The van der Waals surface area contributed by atoms with Crippen LogP contribution in [0.1, 0.15) is 11.1 Å². The van der Waals surface area contributed by atoms with E-state index in [1.165, 1.54) is 5.56 Å². The maximum atomic E-state index is 5.93. The molecule has 1 aromatic rings. The van der Waals surface area contributed by atoms with E-state index in [2.05, 4.69) is 31.8 Å². The molecule has 19 heavy (non-hydrogen) atoms. The van der Waals surface area contributed by atoms with E-state index in [9.17, 15) is 0 Å². The molecule has 0 aliphatic rings. The van der Waals surface area contributed by atoms with Gasteiger partial charge in [0.15, 0.2) is 0 Å². The van der Waals surface area contributed by atoms with E-state index >= 15 is 0 Å². The fourth-order valence-electron chi connectivity index (χ4n) is 2.52. The third-order valence-corrected chi connectivity index (χ3v) is 16.9. The Kier molecular flexibility index (Phi) is 5.70. The summed E-state index contributed by atoms with van der Waals surface area (Å²) in [5.41, 5.74) is 1.23. The van der Waals surface area contributed by atoms with Crippen molar-refractivity contribution >= 4 is 15.9 Å². The van der Waals surface area contributed by atoms with Crippen LogP contribution in [0.4, 0.5) is 0 Å². The Morgan fingerprint density at radius 1 is 1.00 bits per heavy atom. The highest BCUT2D eigenvalue weighted by molar-refractivity contribution is 7.34. The topological polar surface area (TPSA) is 27.7 Å². The molecule has 1 aromatic carbocycles. The molecule has 0 bridgehead atoms. The van der Waals surface area contributed by atoms with Gasteiger partial charge in [-0.15, -0.1) is 6.58 Å². The van der Waals surface area contributed by atoms with Crippen molar-refractivity contribution in [2.45, 2.75) is 18.6 Å². The summed E-state index contributed by atoms with van der Waals surface area (Å²) >= 11 is 0. The Hall–Kier alpha value is -0.726. The smallest absolute Gasteiger partial charge is 0.359 e. The van der Waals surface area contributed by atoms with Gasteiger partial charge in [0, 0.05) is 26.9 Å². The number of benzene rings is 1. The molecule has 106 valence electrons. The highest BCUT2D eigenvalue weighted by Crippen LogP contribution is 2.36. The Labute approximate surface area is 118 Å². The minimum Gasteiger partial charge on any atom is -0.417 e. The predicted molar refractivity (Wildman–Crippen MR) is 83.6 cm³/mol. The van der Waals surface area contributed by atoms with Gasteiger partial charge in [-0.2, -0.15) is 0 Å². The SMILES string of the molecule is C=CC(c1ccccc1)[Si](OC)(OC)[Si](C)(C)OC. The summed E-state index contributed by atoms with van der Waals surface area (Å²) in [7, 11) is 0.554. The first kappa shape index (κ1) is 16.3. The quantitative estimate of drug-likeness (QED) is 0.571. The van der Waals surface area contributed by atoms with E-state index in [1.54, 1.807) is 21.3 Å². The average molecular weight is 297 g/mol. The first-order chi connectivity index (χ1) is 8.99. The van der Waals surface area contributed by atoms with Crippen LogP contribution >= 0.6 is 0 Å². The van der Waals surface area contributed by atoms with Gasteiger partial charge < -0.3 is 13.3 Å². The Bertz CT molecular complexity index is 402. The van der Waals surface area contributed by atoms with Crippen molar-refractivity contribution in [3.8, 4) is 0 Å². The van der Waals surface area contributed by atoms with Crippen molar-refractivity contribution < 1.29 is 13.3 Å². The lowest BCUT2D eigenvalue weighted by molar-refractivity contribution is 0.243. The van der Waals surface area contributed by atoms with Crippen LogP contribution in [-0.4, -0.2) is 37.2 Å². The molecule has 0 amide bonds. The minimum atomic E-state index is -2.54. The highest BCUT2D eigenvalue weighted by Gasteiger charge is 2.59. The van der Waals surface area contributed by atoms with Gasteiger partial charge in [0.1, 0.15) is 0 Å². The fraction of sp³-hybridized carbons (Fsp3) is 0.429. The summed E-state index contributed by atoms with van der Waals surface area (Å²) in [6.07, 6.45) is 1.93. The molecule has 0 aliphatic heterocycles. The van der Waals surface area contributed by atoms with E-state index in [-0.39, 0.29) is 5.54 Å². The van der Waals surface area contributed by atoms with Crippen molar-refractivity contribution in [3.05, 3.63) is 48.6 Å². The molecule has 0 N–H and O–H groups in total. The second kappa shape index (κ2) is 6.63. The number of hydrogen-bond acceptors (Lipinski definition) is 3. The summed E-state index contributed by atoms with van der Waals surface area (Å²) < 4.78 is 17.7.